The predicted octanol–water partition coefficient (Wildman–Crippen LogP) is 4.41. The number of hydrogen-bond acceptors (Lipinski definition) is 2. The van der Waals surface area contributed by atoms with E-state index in [1.807, 2.05) is 18.2 Å². The molecule has 0 aliphatic rings. The molecule has 0 heterocycles. The molecule has 0 fully saturated rings. The van der Waals surface area contributed by atoms with E-state index in [1.54, 1.807) is 24.3 Å². The van der Waals surface area contributed by atoms with Crippen molar-refractivity contribution in [2.75, 3.05) is 5.32 Å². The largest absolute Gasteiger partial charge is 0.478 e. The molecular formula is C14H11BrClNO2. The highest BCUT2D eigenvalue weighted by atomic mass is 79.9. The maximum absolute atomic E-state index is 10.7. The molecule has 2 aromatic rings. The van der Waals surface area contributed by atoms with Crippen LogP contribution in [0.2, 0.25) is 5.02 Å². The minimum atomic E-state index is -0.917. The Labute approximate surface area is 124 Å². The van der Waals surface area contributed by atoms with Gasteiger partial charge in [-0.1, -0.05) is 23.7 Å². The molecule has 0 saturated heterocycles. The van der Waals surface area contributed by atoms with Crippen LogP contribution in [0.3, 0.4) is 0 Å². The third-order valence-corrected chi connectivity index (χ3v) is 3.85. The van der Waals surface area contributed by atoms with Crippen molar-refractivity contribution in [1.29, 1.82) is 0 Å². The number of aromatic carboxylic acids is 1. The molecule has 2 aromatic carbocycles. The number of rotatable bonds is 4. The average molecular weight is 341 g/mol. The van der Waals surface area contributed by atoms with Gasteiger partial charge in [-0.15, -0.1) is 0 Å². The highest BCUT2D eigenvalue weighted by Crippen LogP contribution is 2.25. The fraction of sp³-hybridized carbons (Fsp3) is 0.0714. The average Bonchev–Trinajstić information content (AvgIpc) is 2.40. The van der Waals surface area contributed by atoms with Crippen LogP contribution in [0.25, 0.3) is 0 Å². The third-order valence-electron chi connectivity index (χ3n) is 2.62. The summed E-state index contributed by atoms with van der Waals surface area (Å²) >= 11 is 9.33. The maximum Gasteiger partial charge on any atom is 0.335 e. The second-order valence-corrected chi connectivity index (χ2v) is 5.25. The van der Waals surface area contributed by atoms with Crippen molar-refractivity contribution in [1.82, 2.24) is 0 Å². The number of carbonyl (C=O) groups is 1. The summed E-state index contributed by atoms with van der Waals surface area (Å²) < 4.78 is 0.852. The summed E-state index contributed by atoms with van der Waals surface area (Å²) in [4.78, 5) is 10.7. The van der Waals surface area contributed by atoms with Gasteiger partial charge >= 0.3 is 5.97 Å². The van der Waals surface area contributed by atoms with Crippen LogP contribution in [-0.2, 0) is 6.54 Å². The first kappa shape index (κ1) is 13.9. The van der Waals surface area contributed by atoms with E-state index in [1.165, 1.54) is 0 Å². The van der Waals surface area contributed by atoms with Gasteiger partial charge in [0, 0.05) is 16.7 Å². The van der Waals surface area contributed by atoms with E-state index in [9.17, 15) is 4.79 Å². The summed E-state index contributed by atoms with van der Waals surface area (Å²) in [6.45, 7) is 0.609. The molecule has 0 aromatic heterocycles. The number of carboxylic acids is 1. The molecule has 5 heteroatoms. The van der Waals surface area contributed by atoms with Crippen LogP contribution in [0.4, 0.5) is 5.69 Å². The number of hydrogen-bond donors (Lipinski definition) is 2. The molecule has 3 nitrogen and oxygen atoms in total. The summed E-state index contributed by atoms with van der Waals surface area (Å²) in [6, 6.07) is 12.4. The molecule has 2 N–H and O–H groups in total. The van der Waals surface area contributed by atoms with Gasteiger partial charge in [-0.3, -0.25) is 0 Å². The van der Waals surface area contributed by atoms with Gasteiger partial charge in [-0.2, -0.15) is 0 Å². The lowest BCUT2D eigenvalue weighted by molar-refractivity contribution is 0.0697. The number of carboxylic acid groups (broad SMARTS) is 1. The van der Waals surface area contributed by atoms with Crippen molar-refractivity contribution >= 4 is 39.2 Å². The van der Waals surface area contributed by atoms with Crippen LogP contribution in [0.1, 0.15) is 15.9 Å². The molecule has 0 saturated carbocycles. The summed E-state index contributed by atoms with van der Waals surface area (Å²) in [7, 11) is 0. The summed E-state index contributed by atoms with van der Waals surface area (Å²) in [5.74, 6) is -0.917. The molecule has 0 radical (unpaired) electrons. The topological polar surface area (TPSA) is 49.3 Å². The van der Waals surface area contributed by atoms with Crippen molar-refractivity contribution in [2.24, 2.45) is 0 Å². The van der Waals surface area contributed by atoms with Crippen LogP contribution < -0.4 is 5.32 Å². The molecule has 0 bridgehead atoms. The first-order valence-electron chi connectivity index (χ1n) is 5.57. The Bertz CT molecular complexity index is 599. The number of nitrogens with one attached hydrogen (secondary N) is 1. The number of halogens is 2. The molecule has 2 rings (SSSR count). The lowest BCUT2D eigenvalue weighted by Crippen LogP contribution is -2.01. The van der Waals surface area contributed by atoms with E-state index in [4.69, 9.17) is 16.7 Å². The SMILES string of the molecule is O=C(O)c1ccc(CNc2ccc(Br)c(Cl)c2)cc1. The van der Waals surface area contributed by atoms with Gasteiger partial charge in [0.05, 0.1) is 10.6 Å². The first-order valence-corrected chi connectivity index (χ1v) is 6.74. The minimum Gasteiger partial charge on any atom is -0.478 e. The van der Waals surface area contributed by atoms with Crippen molar-refractivity contribution < 1.29 is 9.90 Å². The Morgan fingerprint density at radius 3 is 2.47 bits per heavy atom. The zero-order valence-electron chi connectivity index (χ0n) is 9.86. The van der Waals surface area contributed by atoms with Gasteiger partial charge in [-0.25, -0.2) is 4.79 Å². The fourth-order valence-corrected chi connectivity index (χ4v) is 2.00. The lowest BCUT2D eigenvalue weighted by Gasteiger charge is -2.08. The van der Waals surface area contributed by atoms with Crippen LogP contribution >= 0.6 is 27.5 Å². The zero-order valence-corrected chi connectivity index (χ0v) is 12.2. The summed E-state index contributed by atoms with van der Waals surface area (Å²) in [5.41, 5.74) is 2.20. The Morgan fingerprint density at radius 1 is 1.21 bits per heavy atom. The van der Waals surface area contributed by atoms with Gasteiger partial charge in [-0.05, 0) is 51.8 Å². The highest BCUT2D eigenvalue weighted by Gasteiger charge is 2.02. The third kappa shape index (κ3) is 3.72. The standard InChI is InChI=1S/C14H11BrClNO2/c15-12-6-5-11(7-13(12)16)17-8-9-1-3-10(4-2-9)14(18)19/h1-7,17H,8H2,(H,18,19). The zero-order chi connectivity index (χ0) is 13.8. The molecule has 19 heavy (non-hydrogen) atoms. The van der Waals surface area contributed by atoms with Gasteiger partial charge in [0.25, 0.3) is 0 Å². The Kier molecular flexibility index (Phi) is 4.45. The quantitative estimate of drug-likeness (QED) is 0.866. The van der Waals surface area contributed by atoms with E-state index in [2.05, 4.69) is 21.2 Å². The Balaban J connectivity index is 2.01. The van der Waals surface area contributed by atoms with E-state index in [-0.39, 0.29) is 5.56 Å². The normalized spacial score (nSPS) is 10.2. The van der Waals surface area contributed by atoms with E-state index >= 15 is 0 Å². The van der Waals surface area contributed by atoms with Gasteiger partial charge in [0.15, 0.2) is 0 Å². The molecule has 0 aliphatic carbocycles. The number of benzene rings is 2. The molecular weight excluding hydrogens is 330 g/mol. The predicted molar refractivity (Wildman–Crippen MR) is 79.9 cm³/mol. The van der Waals surface area contributed by atoms with Gasteiger partial charge < -0.3 is 10.4 Å². The Morgan fingerprint density at radius 2 is 1.89 bits per heavy atom. The smallest absolute Gasteiger partial charge is 0.335 e. The van der Waals surface area contributed by atoms with Crippen molar-refractivity contribution in [3.8, 4) is 0 Å². The lowest BCUT2D eigenvalue weighted by atomic mass is 10.1. The van der Waals surface area contributed by atoms with E-state index < -0.39 is 5.97 Å². The van der Waals surface area contributed by atoms with Crippen LogP contribution in [0.5, 0.6) is 0 Å². The van der Waals surface area contributed by atoms with Crippen LogP contribution in [-0.4, -0.2) is 11.1 Å². The van der Waals surface area contributed by atoms with Crippen molar-refractivity contribution in [3.05, 3.63) is 63.1 Å². The first-order chi connectivity index (χ1) is 9.06. The highest BCUT2D eigenvalue weighted by molar-refractivity contribution is 9.10. The number of anilines is 1. The van der Waals surface area contributed by atoms with Gasteiger partial charge in [0.1, 0.15) is 0 Å². The molecule has 0 amide bonds. The molecule has 0 unspecified atom stereocenters. The molecule has 0 aliphatic heterocycles. The van der Waals surface area contributed by atoms with Crippen molar-refractivity contribution in [2.45, 2.75) is 6.54 Å². The minimum absolute atomic E-state index is 0.287. The summed E-state index contributed by atoms with van der Waals surface area (Å²) in [6.07, 6.45) is 0. The van der Waals surface area contributed by atoms with E-state index in [0.717, 1.165) is 15.7 Å². The van der Waals surface area contributed by atoms with E-state index in [0.29, 0.717) is 11.6 Å². The molecule has 0 atom stereocenters. The van der Waals surface area contributed by atoms with Crippen molar-refractivity contribution in [3.63, 3.8) is 0 Å². The molecule has 98 valence electrons. The monoisotopic (exact) mass is 339 g/mol. The van der Waals surface area contributed by atoms with Gasteiger partial charge in [0.2, 0.25) is 0 Å². The summed E-state index contributed by atoms with van der Waals surface area (Å²) in [5, 5.41) is 12.7. The Hall–Kier alpha value is -1.52. The molecule has 0 spiro atoms. The second kappa shape index (κ2) is 6.08. The van der Waals surface area contributed by atoms with Crippen LogP contribution in [0, 0.1) is 0 Å². The fourth-order valence-electron chi connectivity index (χ4n) is 1.58. The second-order valence-electron chi connectivity index (χ2n) is 3.98. The van der Waals surface area contributed by atoms with Crippen LogP contribution in [0.15, 0.2) is 46.9 Å². The maximum atomic E-state index is 10.7.